The summed E-state index contributed by atoms with van der Waals surface area (Å²) < 4.78 is 28.6. The molecule has 0 N–H and O–H groups in total. The predicted molar refractivity (Wildman–Crippen MR) is 119 cm³/mol. The maximum Gasteiger partial charge on any atom is 0.251 e. The summed E-state index contributed by atoms with van der Waals surface area (Å²) in [4.78, 5) is 28.2. The summed E-state index contributed by atoms with van der Waals surface area (Å²) in [7, 11) is -3.63. The molecule has 0 aromatic carbocycles. The lowest BCUT2D eigenvalue weighted by molar-refractivity contribution is -0.138. The Labute approximate surface area is 185 Å². The van der Waals surface area contributed by atoms with E-state index >= 15 is 0 Å². The van der Waals surface area contributed by atoms with Gasteiger partial charge < -0.3 is 9.47 Å². The van der Waals surface area contributed by atoms with Crippen molar-refractivity contribution in [2.75, 3.05) is 13.1 Å². The van der Waals surface area contributed by atoms with Crippen molar-refractivity contribution in [3.05, 3.63) is 28.7 Å². The van der Waals surface area contributed by atoms with Crippen LogP contribution in [0.4, 0.5) is 0 Å². The first-order valence-corrected chi connectivity index (χ1v) is 13.4. The molecular weight excluding hydrogens is 414 g/mol. The lowest BCUT2D eigenvalue weighted by atomic mass is 9.88. The highest BCUT2D eigenvalue weighted by atomic mass is 32.2. The highest BCUT2D eigenvalue weighted by molar-refractivity contribution is 7.89. The maximum absolute atomic E-state index is 13.5. The molecule has 3 aliphatic rings. The van der Waals surface area contributed by atoms with Gasteiger partial charge in [0.1, 0.15) is 6.54 Å². The van der Waals surface area contributed by atoms with Crippen LogP contribution in [0.3, 0.4) is 0 Å². The molecule has 8 heteroatoms. The number of aromatic nitrogens is 1. The number of hydrogen-bond acceptors (Lipinski definition) is 4. The summed E-state index contributed by atoms with van der Waals surface area (Å²) in [6.07, 6.45) is 14.2. The molecule has 1 amide bonds. The van der Waals surface area contributed by atoms with E-state index in [1.54, 1.807) is 0 Å². The maximum atomic E-state index is 13.5. The third-order valence-electron chi connectivity index (χ3n) is 7.19. The molecule has 1 aromatic rings. The molecule has 0 atom stereocenters. The number of hydrogen-bond donors (Lipinski definition) is 0. The van der Waals surface area contributed by atoms with E-state index in [4.69, 9.17) is 0 Å². The number of amides is 1. The van der Waals surface area contributed by atoms with Crippen LogP contribution in [0.25, 0.3) is 0 Å². The highest BCUT2D eigenvalue weighted by Gasteiger charge is 2.33. The second-order valence-electron chi connectivity index (χ2n) is 9.33. The second kappa shape index (κ2) is 9.86. The van der Waals surface area contributed by atoms with Gasteiger partial charge in [-0.15, -0.1) is 0 Å². The van der Waals surface area contributed by atoms with Crippen molar-refractivity contribution in [2.24, 2.45) is 0 Å². The Morgan fingerprint density at radius 1 is 0.871 bits per heavy atom. The second-order valence-corrected chi connectivity index (χ2v) is 11.3. The van der Waals surface area contributed by atoms with Crippen LogP contribution in [0.5, 0.6) is 0 Å². The fourth-order valence-electron chi connectivity index (χ4n) is 5.51. The summed E-state index contributed by atoms with van der Waals surface area (Å²) in [6.45, 7) is 0.935. The number of pyridine rings is 1. The predicted octanol–water partition coefficient (Wildman–Crippen LogP) is 3.13. The van der Waals surface area contributed by atoms with Crippen molar-refractivity contribution < 1.29 is 13.2 Å². The van der Waals surface area contributed by atoms with Crippen LogP contribution in [0.1, 0.15) is 77.0 Å². The zero-order chi connectivity index (χ0) is 21.8. The molecule has 2 saturated carbocycles. The molecule has 0 unspecified atom stereocenters. The number of nitrogens with zero attached hydrogens (tertiary/aromatic N) is 3. The number of sulfonamides is 1. The zero-order valence-corrected chi connectivity index (χ0v) is 19.2. The minimum atomic E-state index is -3.63. The van der Waals surface area contributed by atoms with Crippen LogP contribution in [-0.4, -0.2) is 53.3 Å². The minimum Gasteiger partial charge on any atom is -0.335 e. The Hall–Kier alpha value is -1.67. The van der Waals surface area contributed by atoms with Crippen LogP contribution in [0.15, 0.2) is 28.0 Å². The van der Waals surface area contributed by atoms with Gasteiger partial charge in [-0.1, -0.05) is 38.5 Å². The third kappa shape index (κ3) is 5.06. The average molecular weight is 450 g/mol. The summed E-state index contributed by atoms with van der Waals surface area (Å²) in [5, 5.41) is 0. The SMILES string of the molecule is O=C(Cn1cc(S(=O)(=O)N2CCCC2)ccc1=O)N(C1CCCCC1)C1CCCCC1. The average Bonchev–Trinajstić information content (AvgIpc) is 3.33. The first-order chi connectivity index (χ1) is 15.0. The van der Waals surface area contributed by atoms with E-state index in [1.165, 1.54) is 40.0 Å². The fourth-order valence-corrected chi connectivity index (χ4v) is 7.05. The smallest absolute Gasteiger partial charge is 0.251 e. The first-order valence-electron chi connectivity index (χ1n) is 12.0. The van der Waals surface area contributed by atoms with Crippen molar-refractivity contribution in [3.63, 3.8) is 0 Å². The van der Waals surface area contributed by atoms with Crippen molar-refractivity contribution in [1.82, 2.24) is 13.8 Å². The summed E-state index contributed by atoms with van der Waals surface area (Å²) >= 11 is 0. The Morgan fingerprint density at radius 3 is 1.97 bits per heavy atom. The van der Waals surface area contributed by atoms with Gasteiger partial charge in [-0.3, -0.25) is 9.59 Å². The van der Waals surface area contributed by atoms with Crippen molar-refractivity contribution in [3.8, 4) is 0 Å². The van der Waals surface area contributed by atoms with Crippen LogP contribution < -0.4 is 5.56 Å². The van der Waals surface area contributed by atoms with E-state index < -0.39 is 10.0 Å². The van der Waals surface area contributed by atoms with E-state index in [-0.39, 0.29) is 35.0 Å². The molecule has 0 spiro atoms. The summed E-state index contributed by atoms with van der Waals surface area (Å²) in [6, 6.07) is 3.15. The molecule has 1 aromatic heterocycles. The molecule has 7 nitrogen and oxygen atoms in total. The highest BCUT2D eigenvalue weighted by Crippen LogP contribution is 2.30. The zero-order valence-electron chi connectivity index (χ0n) is 18.4. The van der Waals surface area contributed by atoms with Gasteiger partial charge in [0.2, 0.25) is 15.9 Å². The molecule has 1 aliphatic heterocycles. The third-order valence-corrected chi connectivity index (χ3v) is 9.07. The van der Waals surface area contributed by atoms with Gasteiger partial charge in [-0.25, -0.2) is 8.42 Å². The van der Waals surface area contributed by atoms with Gasteiger partial charge in [0, 0.05) is 37.4 Å². The van der Waals surface area contributed by atoms with Crippen LogP contribution in [-0.2, 0) is 21.4 Å². The molecular formula is C23H35N3O4S. The Morgan fingerprint density at radius 2 is 1.42 bits per heavy atom. The molecule has 0 bridgehead atoms. The monoisotopic (exact) mass is 449 g/mol. The van der Waals surface area contributed by atoms with Gasteiger partial charge >= 0.3 is 0 Å². The number of rotatable bonds is 6. The van der Waals surface area contributed by atoms with Crippen LogP contribution in [0, 0.1) is 0 Å². The van der Waals surface area contributed by atoms with E-state index in [2.05, 4.69) is 4.90 Å². The number of carbonyl (C=O) groups is 1. The van der Waals surface area contributed by atoms with Gasteiger partial charge in [-0.05, 0) is 44.6 Å². The van der Waals surface area contributed by atoms with Crippen molar-refractivity contribution >= 4 is 15.9 Å². The largest absolute Gasteiger partial charge is 0.335 e. The number of carbonyl (C=O) groups excluding carboxylic acids is 1. The van der Waals surface area contributed by atoms with E-state index in [9.17, 15) is 18.0 Å². The lowest BCUT2D eigenvalue weighted by Gasteiger charge is -2.42. The van der Waals surface area contributed by atoms with Gasteiger partial charge in [0.15, 0.2) is 0 Å². The first kappa shape index (κ1) is 22.5. The molecule has 172 valence electrons. The molecule has 31 heavy (non-hydrogen) atoms. The summed E-state index contributed by atoms with van der Waals surface area (Å²) in [5.41, 5.74) is -0.332. The van der Waals surface area contributed by atoms with Crippen molar-refractivity contribution in [2.45, 2.75) is 101 Å². The molecule has 2 heterocycles. The molecule has 2 aliphatic carbocycles. The van der Waals surface area contributed by atoms with Crippen molar-refractivity contribution in [1.29, 1.82) is 0 Å². The molecule has 4 rings (SSSR count). The Kier molecular flexibility index (Phi) is 7.16. The molecule has 3 fully saturated rings. The van der Waals surface area contributed by atoms with Gasteiger partial charge in [0.05, 0.1) is 4.90 Å². The van der Waals surface area contributed by atoms with Gasteiger partial charge in [0.25, 0.3) is 5.56 Å². The van der Waals surface area contributed by atoms with Crippen LogP contribution >= 0.6 is 0 Å². The Balaban J connectivity index is 1.57. The quantitative estimate of drug-likeness (QED) is 0.668. The normalized spacial score (nSPS) is 21.9. The van der Waals surface area contributed by atoms with E-state index in [0.29, 0.717) is 13.1 Å². The molecule has 1 saturated heterocycles. The fraction of sp³-hybridized carbons (Fsp3) is 0.739. The van der Waals surface area contributed by atoms with E-state index in [1.807, 2.05) is 0 Å². The minimum absolute atomic E-state index is 0.0448. The van der Waals surface area contributed by atoms with E-state index in [0.717, 1.165) is 64.2 Å². The standard InChI is InChI=1S/C23H35N3O4S/c27-22-14-13-21(31(29,30)25-15-7-8-16-25)17-24(22)18-23(28)26(19-9-3-1-4-10-19)20-11-5-2-6-12-20/h13-14,17,19-20H,1-12,15-16,18H2. The topological polar surface area (TPSA) is 79.7 Å². The lowest BCUT2D eigenvalue weighted by Crippen LogP contribution is -2.50. The van der Waals surface area contributed by atoms with Crippen LogP contribution in [0.2, 0.25) is 0 Å². The molecule has 0 radical (unpaired) electrons. The summed E-state index contributed by atoms with van der Waals surface area (Å²) in [5.74, 6) is -0.0448. The Bertz CT molecular complexity index is 906. The van der Waals surface area contributed by atoms with Gasteiger partial charge in [-0.2, -0.15) is 4.31 Å².